The van der Waals surface area contributed by atoms with E-state index >= 15 is 0 Å². The largest absolute Gasteiger partial charge is 0.378 e. The number of aromatic nitrogens is 4. The zero-order chi connectivity index (χ0) is 15.1. The van der Waals surface area contributed by atoms with Gasteiger partial charge >= 0.3 is 0 Å². The van der Waals surface area contributed by atoms with E-state index in [2.05, 4.69) is 20.4 Å². The molecule has 0 aromatic carbocycles. The third-order valence-corrected chi connectivity index (χ3v) is 4.10. The Morgan fingerprint density at radius 3 is 3.09 bits per heavy atom. The van der Waals surface area contributed by atoms with E-state index in [9.17, 15) is 4.79 Å². The maximum Gasteiger partial charge on any atom is 0.254 e. The molecule has 0 radical (unpaired) electrons. The van der Waals surface area contributed by atoms with Gasteiger partial charge in [-0.05, 0) is 12.8 Å². The van der Waals surface area contributed by atoms with Crippen LogP contribution in [-0.4, -0.2) is 56.1 Å². The van der Waals surface area contributed by atoms with Crippen molar-refractivity contribution in [3.05, 3.63) is 18.1 Å². The summed E-state index contributed by atoms with van der Waals surface area (Å²) in [6.45, 7) is 1.16. The van der Waals surface area contributed by atoms with Crippen LogP contribution in [0.4, 0.5) is 5.82 Å². The lowest BCUT2D eigenvalue weighted by Crippen LogP contribution is -2.30. The highest BCUT2D eigenvalue weighted by atomic mass is 16.5. The summed E-state index contributed by atoms with van der Waals surface area (Å²) in [4.78, 5) is 22.6. The molecule has 8 nitrogen and oxygen atoms in total. The number of hydrogen-bond donors (Lipinski definition) is 1. The Hall–Kier alpha value is -2.22. The van der Waals surface area contributed by atoms with Gasteiger partial charge in [-0.25, -0.2) is 4.98 Å². The molecule has 1 saturated carbocycles. The highest BCUT2D eigenvalue weighted by Gasteiger charge is 2.39. The van der Waals surface area contributed by atoms with Gasteiger partial charge in [0.15, 0.2) is 0 Å². The summed E-state index contributed by atoms with van der Waals surface area (Å²) in [5.74, 6) is 1.56. The average molecular weight is 302 g/mol. The lowest BCUT2D eigenvalue weighted by atomic mass is 10.2. The third kappa shape index (κ3) is 2.39. The first-order valence-corrected chi connectivity index (χ1v) is 7.49. The topological polar surface area (TPSA) is 84.7 Å². The Balaban J connectivity index is 1.58. The second-order valence-corrected chi connectivity index (χ2v) is 5.86. The van der Waals surface area contributed by atoms with E-state index in [1.807, 2.05) is 11.0 Å². The number of carbonyl (C=O) groups excluding carboxylic acids is 1. The molecule has 2 aromatic rings. The van der Waals surface area contributed by atoms with E-state index in [0.29, 0.717) is 24.8 Å². The minimum atomic E-state index is 0.0956. The molecule has 1 amide bonds. The molecule has 2 fully saturated rings. The van der Waals surface area contributed by atoms with E-state index in [-0.39, 0.29) is 11.9 Å². The summed E-state index contributed by atoms with van der Waals surface area (Å²) in [5.41, 5.74) is 0.786. The zero-order valence-electron chi connectivity index (χ0n) is 12.4. The molecule has 1 saturated heterocycles. The van der Waals surface area contributed by atoms with E-state index in [1.54, 1.807) is 11.6 Å². The van der Waals surface area contributed by atoms with Gasteiger partial charge in [0.25, 0.3) is 5.78 Å². The number of methoxy groups -OCH3 is 1. The van der Waals surface area contributed by atoms with Crippen molar-refractivity contribution in [2.75, 3.05) is 19.0 Å². The number of amides is 1. The lowest BCUT2D eigenvalue weighted by Gasteiger charge is -2.17. The van der Waals surface area contributed by atoms with Gasteiger partial charge in [0.05, 0.1) is 18.3 Å². The molecule has 1 N–H and O–H groups in total. The fourth-order valence-electron chi connectivity index (χ4n) is 2.96. The summed E-state index contributed by atoms with van der Waals surface area (Å²) in [7, 11) is 1.63. The summed E-state index contributed by atoms with van der Waals surface area (Å²) in [6.07, 6.45) is 4.27. The van der Waals surface area contributed by atoms with Gasteiger partial charge < -0.3 is 15.0 Å². The zero-order valence-corrected chi connectivity index (χ0v) is 12.4. The van der Waals surface area contributed by atoms with E-state index in [1.165, 1.54) is 6.33 Å². The maximum absolute atomic E-state index is 12.1. The van der Waals surface area contributed by atoms with Crippen molar-refractivity contribution >= 4 is 17.5 Å². The van der Waals surface area contributed by atoms with Gasteiger partial charge in [-0.2, -0.15) is 14.6 Å². The highest BCUT2D eigenvalue weighted by Crippen LogP contribution is 2.31. The van der Waals surface area contributed by atoms with Gasteiger partial charge in [0, 0.05) is 32.2 Å². The lowest BCUT2D eigenvalue weighted by molar-refractivity contribution is -0.128. The molecule has 1 atom stereocenters. The van der Waals surface area contributed by atoms with Crippen molar-refractivity contribution in [3.63, 3.8) is 0 Å². The van der Waals surface area contributed by atoms with Gasteiger partial charge in [-0.1, -0.05) is 0 Å². The number of ether oxygens (including phenoxy) is 1. The Kier molecular flexibility index (Phi) is 3.18. The van der Waals surface area contributed by atoms with E-state index < -0.39 is 0 Å². The molecule has 4 rings (SSSR count). The molecule has 1 unspecified atom stereocenters. The quantitative estimate of drug-likeness (QED) is 0.863. The van der Waals surface area contributed by atoms with Gasteiger partial charge in [0.2, 0.25) is 5.91 Å². The first kappa shape index (κ1) is 13.4. The first-order valence-electron chi connectivity index (χ1n) is 7.49. The minimum Gasteiger partial charge on any atom is -0.378 e. The molecule has 2 aliphatic rings. The van der Waals surface area contributed by atoms with Crippen LogP contribution in [0.3, 0.4) is 0 Å². The molecule has 1 aliphatic carbocycles. The SMILES string of the molecule is COCc1cc(NC2CC(=O)N(C3CC3)C2)n2ncnc2n1. The first-order chi connectivity index (χ1) is 10.7. The summed E-state index contributed by atoms with van der Waals surface area (Å²) >= 11 is 0. The van der Waals surface area contributed by atoms with E-state index in [4.69, 9.17) is 4.74 Å². The molecular formula is C14H18N6O2. The molecule has 3 heterocycles. The van der Waals surface area contributed by atoms with Crippen LogP contribution in [0.1, 0.15) is 25.0 Å². The smallest absolute Gasteiger partial charge is 0.254 e. The Morgan fingerprint density at radius 1 is 1.45 bits per heavy atom. The summed E-state index contributed by atoms with van der Waals surface area (Å²) in [6, 6.07) is 2.46. The van der Waals surface area contributed by atoms with Crippen LogP contribution >= 0.6 is 0 Å². The molecule has 0 spiro atoms. The van der Waals surface area contributed by atoms with Crippen molar-refractivity contribution in [2.24, 2.45) is 0 Å². The Labute approximate surface area is 127 Å². The van der Waals surface area contributed by atoms with Crippen molar-refractivity contribution in [2.45, 2.75) is 38.0 Å². The predicted molar refractivity (Wildman–Crippen MR) is 78.3 cm³/mol. The number of nitrogens with zero attached hydrogens (tertiary/aromatic N) is 5. The standard InChI is InChI=1S/C14H18N6O2/c1-22-7-10-4-12(20-14(18-10)15-8-16-20)17-9-5-13(21)19(6-9)11-2-3-11/h4,8-9,11,17H,2-3,5-7H2,1H3. The Morgan fingerprint density at radius 2 is 2.32 bits per heavy atom. The molecule has 116 valence electrons. The van der Waals surface area contributed by atoms with Crippen molar-refractivity contribution < 1.29 is 9.53 Å². The monoisotopic (exact) mass is 302 g/mol. The molecule has 8 heteroatoms. The van der Waals surface area contributed by atoms with Crippen molar-refractivity contribution in [3.8, 4) is 0 Å². The van der Waals surface area contributed by atoms with E-state index in [0.717, 1.165) is 30.9 Å². The van der Waals surface area contributed by atoms with Crippen molar-refractivity contribution in [1.82, 2.24) is 24.5 Å². The molecule has 0 bridgehead atoms. The van der Waals surface area contributed by atoms with Crippen LogP contribution < -0.4 is 5.32 Å². The van der Waals surface area contributed by atoms with Crippen LogP contribution in [0.25, 0.3) is 5.78 Å². The number of nitrogens with one attached hydrogen (secondary N) is 1. The number of hydrogen-bond acceptors (Lipinski definition) is 6. The number of rotatable bonds is 5. The minimum absolute atomic E-state index is 0.0956. The van der Waals surface area contributed by atoms with Gasteiger partial charge in [-0.3, -0.25) is 4.79 Å². The number of carbonyl (C=O) groups is 1. The van der Waals surface area contributed by atoms with Gasteiger partial charge in [-0.15, -0.1) is 0 Å². The van der Waals surface area contributed by atoms with Crippen LogP contribution in [0.5, 0.6) is 0 Å². The fraction of sp³-hybridized carbons (Fsp3) is 0.571. The molecule has 22 heavy (non-hydrogen) atoms. The van der Waals surface area contributed by atoms with Crippen LogP contribution in [0.15, 0.2) is 12.4 Å². The fourth-order valence-corrected chi connectivity index (χ4v) is 2.96. The molecule has 1 aliphatic heterocycles. The summed E-state index contributed by atoms with van der Waals surface area (Å²) in [5, 5.41) is 7.60. The predicted octanol–water partition coefficient (Wildman–Crippen LogP) is 0.446. The maximum atomic E-state index is 12.1. The van der Waals surface area contributed by atoms with Crippen LogP contribution in [-0.2, 0) is 16.1 Å². The van der Waals surface area contributed by atoms with Crippen molar-refractivity contribution in [1.29, 1.82) is 0 Å². The second kappa shape index (κ2) is 5.20. The average Bonchev–Trinajstić information content (AvgIpc) is 3.10. The number of fused-ring (bicyclic) bond motifs is 1. The van der Waals surface area contributed by atoms with Crippen LogP contribution in [0, 0.1) is 0 Å². The number of likely N-dealkylation sites (tertiary alicyclic amines) is 1. The Bertz CT molecular complexity index is 710. The van der Waals surface area contributed by atoms with Crippen LogP contribution in [0.2, 0.25) is 0 Å². The normalized spacial score (nSPS) is 21.8. The second-order valence-electron chi connectivity index (χ2n) is 5.86. The third-order valence-electron chi connectivity index (χ3n) is 4.10. The molecular weight excluding hydrogens is 284 g/mol. The van der Waals surface area contributed by atoms with Gasteiger partial charge in [0.1, 0.15) is 12.1 Å². The number of anilines is 1. The summed E-state index contributed by atoms with van der Waals surface area (Å²) < 4.78 is 6.80. The highest BCUT2D eigenvalue weighted by molar-refractivity contribution is 5.80. The molecule has 2 aromatic heterocycles.